The molecule has 1 fully saturated rings. The first-order valence-electron chi connectivity index (χ1n) is 5.57. The highest BCUT2D eigenvalue weighted by atomic mass is 19.3. The molecule has 1 aliphatic rings. The van der Waals surface area contributed by atoms with Crippen LogP contribution >= 0.6 is 0 Å². The molecule has 0 aliphatic carbocycles. The first kappa shape index (κ1) is 13.4. The zero-order valence-corrected chi connectivity index (χ0v) is 9.80. The van der Waals surface area contributed by atoms with E-state index in [9.17, 15) is 13.6 Å². The van der Waals surface area contributed by atoms with Gasteiger partial charge >= 0.3 is 5.97 Å². The third-order valence-electron chi connectivity index (χ3n) is 3.22. The van der Waals surface area contributed by atoms with E-state index in [2.05, 4.69) is 0 Å². The van der Waals surface area contributed by atoms with E-state index in [0.717, 1.165) is 0 Å². The van der Waals surface area contributed by atoms with Crippen LogP contribution in [0, 0.1) is 5.41 Å². The fraction of sp³-hybridized carbons (Fsp3) is 0.909. The first-order valence-corrected chi connectivity index (χ1v) is 5.57. The number of carbonyl (C=O) groups is 1. The summed E-state index contributed by atoms with van der Waals surface area (Å²) in [6.45, 7) is 4.63. The Kier molecular flexibility index (Phi) is 3.88. The molecule has 0 amide bonds. The molecule has 0 radical (unpaired) electrons. The van der Waals surface area contributed by atoms with Crippen LogP contribution in [0.4, 0.5) is 8.78 Å². The lowest BCUT2D eigenvalue weighted by atomic mass is 9.89. The zero-order chi connectivity index (χ0) is 12.4. The monoisotopic (exact) mass is 235 g/mol. The van der Waals surface area contributed by atoms with Crippen molar-refractivity contribution in [3.8, 4) is 0 Å². The van der Waals surface area contributed by atoms with Crippen LogP contribution in [0.25, 0.3) is 0 Å². The summed E-state index contributed by atoms with van der Waals surface area (Å²) in [6.07, 6.45) is 0.273. The molecular weight excluding hydrogens is 216 g/mol. The van der Waals surface area contributed by atoms with Crippen molar-refractivity contribution in [2.24, 2.45) is 5.41 Å². The van der Waals surface area contributed by atoms with Crippen LogP contribution < -0.4 is 0 Å². The fourth-order valence-corrected chi connectivity index (χ4v) is 1.65. The number of likely N-dealkylation sites (tertiary alicyclic amines) is 1. The van der Waals surface area contributed by atoms with Crippen molar-refractivity contribution in [2.75, 3.05) is 19.6 Å². The van der Waals surface area contributed by atoms with Crippen LogP contribution in [0.3, 0.4) is 0 Å². The lowest BCUT2D eigenvalue weighted by Gasteiger charge is -2.33. The summed E-state index contributed by atoms with van der Waals surface area (Å²) in [5.41, 5.74) is -0.778. The SMILES string of the molecule is CC(C)(CCN1CCC(F)(F)CC1)C(=O)O. The highest BCUT2D eigenvalue weighted by molar-refractivity contribution is 5.73. The molecule has 1 rings (SSSR count). The van der Waals surface area contributed by atoms with Crippen molar-refractivity contribution in [3.63, 3.8) is 0 Å². The summed E-state index contributed by atoms with van der Waals surface area (Å²) in [7, 11) is 0. The number of hydrogen-bond acceptors (Lipinski definition) is 2. The highest BCUT2D eigenvalue weighted by Gasteiger charge is 2.35. The molecule has 0 aromatic carbocycles. The van der Waals surface area contributed by atoms with Gasteiger partial charge < -0.3 is 10.0 Å². The molecule has 0 saturated carbocycles. The topological polar surface area (TPSA) is 40.5 Å². The van der Waals surface area contributed by atoms with Crippen molar-refractivity contribution in [2.45, 2.75) is 39.0 Å². The Morgan fingerprint density at radius 1 is 1.38 bits per heavy atom. The van der Waals surface area contributed by atoms with Gasteiger partial charge in [-0.15, -0.1) is 0 Å². The number of hydrogen-bond donors (Lipinski definition) is 1. The normalized spacial score (nSPS) is 22.0. The minimum absolute atomic E-state index is 0.111. The number of alkyl halides is 2. The van der Waals surface area contributed by atoms with Gasteiger partial charge in [0.05, 0.1) is 5.41 Å². The third kappa shape index (κ3) is 3.70. The fourth-order valence-electron chi connectivity index (χ4n) is 1.65. The number of nitrogens with zero attached hydrogens (tertiary/aromatic N) is 1. The van der Waals surface area contributed by atoms with Gasteiger partial charge in [-0.05, 0) is 26.8 Å². The van der Waals surface area contributed by atoms with Crippen LogP contribution in [-0.4, -0.2) is 41.5 Å². The number of halogens is 2. The molecule has 0 aromatic heterocycles. The van der Waals surface area contributed by atoms with E-state index in [1.807, 2.05) is 4.90 Å². The van der Waals surface area contributed by atoms with Gasteiger partial charge in [0.15, 0.2) is 0 Å². The Bertz CT molecular complexity index is 257. The number of aliphatic carboxylic acids is 1. The van der Waals surface area contributed by atoms with Gasteiger partial charge in [-0.1, -0.05) is 0 Å². The van der Waals surface area contributed by atoms with E-state index < -0.39 is 17.3 Å². The average molecular weight is 235 g/mol. The standard InChI is InChI=1S/C11H19F2NO2/c1-10(2,9(15)16)3-6-14-7-4-11(12,13)5-8-14/h3-8H2,1-2H3,(H,15,16). The molecule has 3 nitrogen and oxygen atoms in total. The summed E-state index contributed by atoms with van der Waals surface area (Å²) in [6, 6.07) is 0. The zero-order valence-electron chi connectivity index (χ0n) is 9.80. The van der Waals surface area contributed by atoms with Gasteiger partial charge in [0.2, 0.25) is 0 Å². The molecule has 1 heterocycles. The molecule has 0 spiro atoms. The third-order valence-corrected chi connectivity index (χ3v) is 3.22. The molecule has 1 aliphatic heterocycles. The number of carboxylic acids is 1. The van der Waals surface area contributed by atoms with E-state index in [4.69, 9.17) is 5.11 Å². The van der Waals surface area contributed by atoms with Gasteiger partial charge in [0.1, 0.15) is 0 Å². The Morgan fingerprint density at radius 3 is 2.31 bits per heavy atom. The Labute approximate surface area is 94.4 Å². The summed E-state index contributed by atoms with van der Waals surface area (Å²) in [5, 5.41) is 8.92. The summed E-state index contributed by atoms with van der Waals surface area (Å²) in [4.78, 5) is 12.8. The van der Waals surface area contributed by atoms with Crippen LogP contribution in [-0.2, 0) is 4.79 Å². The molecule has 1 N–H and O–H groups in total. The second-order valence-corrected chi connectivity index (χ2v) is 5.14. The van der Waals surface area contributed by atoms with Crippen molar-refractivity contribution in [3.05, 3.63) is 0 Å². The van der Waals surface area contributed by atoms with E-state index in [1.165, 1.54) is 0 Å². The largest absolute Gasteiger partial charge is 0.481 e. The maximum absolute atomic E-state index is 12.9. The average Bonchev–Trinajstić information content (AvgIpc) is 2.16. The van der Waals surface area contributed by atoms with Gasteiger partial charge in [0.25, 0.3) is 5.92 Å². The van der Waals surface area contributed by atoms with Gasteiger partial charge in [-0.2, -0.15) is 0 Å². The van der Waals surface area contributed by atoms with Crippen LogP contribution in [0.2, 0.25) is 0 Å². The smallest absolute Gasteiger partial charge is 0.309 e. The molecule has 0 unspecified atom stereocenters. The van der Waals surface area contributed by atoms with E-state index in [0.29, 0.717) is 26.1 Å². The minimum Gasteiger partial charge on any atom is -0.481 e. The number of carboxylic acid groups (broad SMARTS) is 1. The van der Waals surface area contributed by atoms with Crippen molar-refractivity contribution >= 4 is 5.97 Å². The maximum Gasteiger partial charge on any atom is 0.309 e. The number of rotatable bonds is 4. The minimum atomic E-state index is -2.53. The molecule has 94 valence electrons. The second-order valence-electron chi connectivity index (χ2n) is 5.14. The van der Waals surface area contributed by atoms with Crippen LogP contribution in [0.5, 0.6) is 0 Å². The second kappa shape index (κ2) is 4.65. The van der Waals surface area contributed by atoms with Gasteiger partial charge in [-0.25, -0.2) is 8.78 Å². The maximum atomic E-state index is 12.9. The quantitative estimate of drug-likeness (QED) is 0.812. The number of piperidine rings is 1. The molecule has 5 heteroatoms. The highest BCUT2D eigenvalue weighted by Crippen LogP contribution is 2.29. The van der Waals surface area contributed by atoms with Crippen LogP contribution in [0.15, 0.2) is 0 Å². The molecular formula is C11H19F2NO2. The van der Waals surface area contributed by atoms with E-state index >= 15 is 0 Å². The summed E-state index contributed by atoms with van der Waals surface area (Å²) in [5.74, 6) is -3.37. The first-order chi connectivity index (χ1) is 7.23. The Morgan fingerprint density at radius 2 is 1.88 bits per heavy atom. The van der Waals surface area contributed by atoms with Crippen molar-refractivity contribution in [1.29, 1.82) is 0 Å². The summed E-state index contributed by atoms with van der Waals surface area (Å²) < 4.78 is 25.7. The van der Waals surface area contributed by atoms with Gasteiger partial charge in [-0.3, -0.25) is 4.79 Å². The van der Waals surface area contributed by atoms with E-state index in [1.54, 1.807) is 13.8 Å². The summed E-state index contributed by atoms with van der Waals surface area (Å²) >= 11 is 0. The molecule has 0 aromatic rings. The van der Waals surface area contributed by atoms with Crippen LogP contribution in [0.1, 0.15) is 33.1 Å². The lowest BCUT2D eigenvalue weighted by Crippen LogP contribution is -2.41. The molecule has 0 bridgehead atoms. The predicted octanol–water partition coefficient (Wildman–Crippen LogP) is 2.22. The Hall–Kier alpha value is -0.710. The predicted molar refractivity (Wildman–Crippen MR) is 56.7 cm³/mol. The molecule has 16 heavy (non-hydrogen) atoms. The Balaban J connectivity index is 2.33. The lowest BCUT2D eigenvalue weighted by molar-refractivity contribution is -0.147. The van der Waals surface area contributed by atoms with Crippen molar-refractivity contribution < 1.29 is 18.7 Å². The van der Waals surface area contributed by atoms with Crippen molar-refractivity contribution in [1.82, 2.24) is 4.90 Å². The molecule has 0 atom stereocenters. The van der Waals surface area contributed by atoms with Gasteiger partial charge in [0, 0.05) is 25.9 Å². The van der Waals surface area contributed by atoms with E-state index in [-0.39, 0.29) is 12.8 Å². The molecule has 1 saturated heterocycles.